The van der Waals surface area contributed by atoms with Crippen LogP contribution in [0.3, 0.4) is 0 Å². The van der Waals surface area contributed by atoms with Crippen LogP contribution in [0.4, 0.5) is 17.6 Å². The van der Waals surface area contributed by atoms with Gasteiger partial charge < -0.3 is 10.8 Å². The summed E-state index contributed by atoms with van der Waals surface area (Å²) in [4.78, 5) is 0. The second-order valence-corrected chi connectivity index (χ2v) is 3.28. The maximum Gasteiger partial charge on any atom is 0.407 e. The summed E-state index contributed by atoms with van der Waals surface area (Å²) in [5, 5.41) is 8.78. The van der Waals surface area contributed by atoms with Crippen molar-refractivity contribution in [2.75, 3.05) is 0 Å². The summed E-state index contributed by atoms with van der Waals surface area (Å²) in [7, 11) is 0. The van der Waals surface area contributed by atoms with Crippen LogP contribution in [0.5, 0.6) is 5.75 Å². The Morgan fingerprint density at radius 3 is 2.25 bits per heavy atom. The molecule has 0 saturated heterocycles. The number of alkyl halides is 3. The van der Waals surface area contributed by atoms with Gasteiger partial charge in [0, 0.05) is 10.6 Å². The van der Waals surface area contributed by atoms with Crippen molar-refractivity contribution in [3.8, 4) is 5.75 Å². The zero-order valence-electron chi connectivity index (χ0n) is 7.55. The lowest BCUT2D eigenvalue weighted by Crippen LogP contribution is -2.28. The summed E-state index contributed by atoms with van der Waals surface area (Å²) in [5.74, 6) is -2.37. The molecule has 0 aliphatic carbocycles. The molecule has 2 nitrogen and oxygen atoms in total. The molecule has 0 unspecified atom stereocenters. The molecule has 0 bridgehead atoms. The lowest BCUT2D eigenvalue weighted by Gasteiger charge is -2.17. The van der Waals surface area contributed by atoms with Gasteiger partial charge in [-0.05, 0) is 12.1 Å². The van der Waals surface area contributed by atoms with E-state index in [9.17, 15) is 17.6 Å². The lowest BCUT2D eigenvalue weighted by molar-refractivity contribution is -0.149. The van der Waals surface area contributed by atoms with E-state index < -0.39 is 29.3 Å². The molecular formula is C8H7Cl2F4NO. The predicted octanol–water partition coefficient (Wildman–Crippen LogP) is 3.17. The Balaban J connectivity index is 0.00000225. The summed E-state index contributed by atoms with van der Waals surface area (Å²) >= 11 is 5.34. The number of rotatable bonds is 1. The predicted molar refractivity (Wildman–Crippen MR) is 53.3 cm³/mol. The maximum absolute atomic E-state index is 12.8. The van der Waals surface area contributed by atoms with E-state index in [0.717, 1.165) is 6.07 Å². The first kappa shape index (κ1) is 15.3. The van der Waals surface area contributed by atoms with Crippen molar-refractivity contribution >= 4 is 24.0 Å². The molecule has 0 radical (unpaired) electrons. The highest BCUT2D eigenvalue weighted by atomic mass is 35.5. The molecule has 1 rings (SSSR count). The summed E-state index contributed by atoms with van der Waals surface area (Å²) in [6, 6.07) is -0.993. The molecule has 0 aliphatic rings. The van der Waals surface area contributed by atoms with Gasteiger partial charge in [0.15, 0.2) is 11.6 Å². The van der Waals surface area contributed by atoms with Crippen LogP contribution in [-0.2, 0) is 0 Å². The number of aromatic hydroxyl groups is 1. The molecule has 0 amide bonds. The number of hydrogen-bond acceptors (Lipinski definition) is 2. The first-order chi connectivity index (χ1) is 6.73. The fraction of sp³-hybridized carbons (Fsp3) is 0.250. The minimum absolute atomic E-state index is 0. The number of phenolic OH excluding ortho intramolecular Hbond substituents is 1. The molecule has 0 fully saturated rings. The van der Waals surface area contributed by atoms with Gasteiger partial charge in [-0.3, -0.25) is 0 Å². The SMILES string of the molecule is Cl.N[C@H](c1cc(Cl)cc(F)c1O)C(F)(F)F. The highest BCUT2D eigenvalue weighted by molar-refractivity contribution is 6.30. The van der Waals surface area contributed by atoms with Gasteiger partial charge in [0.25, 0.3) is 0 Å². The summed E-state index contributed by atoms with van der Waals surface area (Å²) in [6.07, 6.45) is -4.77. The van der Waals surface area contributed by atoms with E-state index in [2.05, 4.69) is 0 Å². The summed E-state index contributed by atoms with van der Waals surface area (Å²) in [5.41, 5.74) is 4.02. The quantitative estimate of drug-likeness (QED) is 0.776. The average Bonchev–Trinajstić information content (AvgIpc) is 2.08. The molecule has 0 heterocycles. The van der Waals surface area contributed by atoms with Crippen molar-refractivity contribution in [3.63, 3.8) is 0 Å². The van der Waals surface area contributed by atoms with Gasteiger partial charge in [0.05, 0.1) is 0 Å². The zero-order chi connectivity index (χ0) is 11.8. The normalized spacial score (nSPS) is 13.1. The van der Waals surface area contributed by atoms with E-state index in [-0.39, 0.29) is 17.4 Å². The lowest BCUT2D eigenvalue weighted by atomic mass is 10.1. The van der Waals surface area contributed by atoms with Crippen molar-refractivity contribution in [2.24, 2.45) is 5.73 Å². The molecular weight excluding hydrogens is 273 g/mol. The van der Waals surface area contributed by atoms with Crippen molar-refractivity contribution in [1.29, 1.82) is 0 Å². The van der Waals surface area contributed by atoms with E-state index in [1.165, 1.54) is 0 Å². The third-order valence-corrected chi connectivity index (χ3v) is 1.96. The van der Waals surface area contributed by atoms with Gasteiger partial charge in [-0.15, -0.1) is 12.4 Å². The smallest absolute Gasteiger partial charge is 0.407 e. The van der Waals surface area contributed by atoms with E-state index in [1.807, 2.05) is 0 Å². The Morgan fingerprint density at radius 1 is 1.31 bits per heavy atom. The van der Waals surface area contributed by atoms with Gasteiger partial charge in [-0.25, -0.2) is 4.39 Å². The number of hydrogen-bond donors (Lipinski definition) is 2. The Labute approximate surface area is 99.4 Å². The zero-order valence-corrected chi connectivity index (χ0v) is 9.13. The van der Waals surface area contributed by atoms with Crippen molar-refractivity contribution in [1.82, 2.24) is 0 Å². The summed E-state index contributed by atoms with van der Waals surface area (Å²) in [6.45, 7) is 0. The Morgan fingerprint density at radius 2 is 1.81 bits per heavy atom. The van der Waals surface area contributed by atoms with Crippen LogP contribution >= 0.6 is 24.0 Å². The van der Waals surface area contributed by atoms with Gasteiger partial charge in [0.2, 0.25) is 0 Å². The van der Waals surface area contributed by atoms with Crippen LogP contribution in [0, 0.1) is 5.82 Å². The highest BCUT2D eigenvalue weighted by Crippen LogP contribution is 2.37. The first-order valence-electron chi connectivity index (χ1n) is 3.73. The number of benzene rings is 1. The molecule has 1 atom stereocenters. The van der Waals surface area contributed by atoms with E-state index in [0.29, 0.717) is 6.07 Å². The molecule has 92 valence electrons. The molecule has 16 heavy (non-hydrogen) atoms. The second kappa shape index (κ2) is 5.07. The fourth-order valence-corrected chi connectivity index (χ4v) is 1.21. The van der Waals surface area contributed by atoms with Gasteiger partial charge in [-0.1, -0.05) is 11.6 Å². The van der Waals surface area contributed by atoms with Gasteiger partial charge in [0.1, 0.15) is 6.04 Å². The fourth-order valence-electron chi connectivity index (χ4n) is 0.999. The largest absolute Gasteiger partial charge is 0.505 e. The van der Waals surface area contributed by atoms with Crippen LogP contribution in [0.25, 0.3) is 0 Å². The number of phenols is 1. The second-order valence-electron chi connectivity index (χ2n) is 2.84. The molecule has 0 saturated carbocycles. The van der Waals surface area contributed by atoms with Gasteiger partial charge >= 0.3 is 6.18 Å². The van der Waals surface area contributed by atoms with Crippen molar-refractivity contribution in [2.45, 2.75) is 12.2 Å². The van der Waals surface area contributed by atoms with E-state index in [1.54, 1.807) is 0 Å². The molecule has 8 heteroatoms. The monoisotopic (exact) mass is 279 g/mol. The van der Waals surface area contributed by atoms with Gasteiger partial charge in [-0.2, -0.15) is 13.2 Å². The van der Waals surface area contributed by atoms with E-state index in [4.69, 9.17) is 22.4 Å². The topological polar surface area (TPSA) is 46.2 Å². The third kappa shape index (κ3) is 3.13. The maximum atomic E-state index is 12.8. The van der Waals surface area contributed by atoms with Crippen LogP contribution in [-0.4, -0.2) is 11.3 Å². The molecule has 1 aromatic carbocycles. The highest BCUT2D eigenvalue weighted by Gasteiger charge is 2.39. The first-order valence-corrected chi connectivity index (χ1v) is 4.11. The van der Waals surface area contributed by atoms with Crippen molar-refractivity contribution < 1.29 is 22.7 Å². The molecule has 0 aromatic heterocycles. The molecule has 0 spiro atoms. The summed E-state index contributed by atoms with van der Waals surface area (Å²) < 4.78 is 49.4. The minimum atomic E-state index is -4.77. The van der Waals surface area contributed by atoms with Crippen LogP contribution in [0.2, 0.25) is 5.02 Å². The molecule has 3 N–H and O–H groups in total. The van der Waals surface area contributed by atoms with Crippen LogP contribution in [0.1, 0.15) is 11.6 Å². The Hall–Kier alpha value is -0.720. The number of halogens is 6. The van der Waals surface area contributed by atoms with Crippen molar-refractivity contribution in [3.05, 3.63) is 28.5 Å². The molecule has 1 aromatic rings. The van der Waals surface area contributed by atoms with E-state index >= 15 is 0 Å². The Kier molecular flexibility index (Phi) is 4.85. The minimum Gasteiger partial charge on any atom is -0.505 e. The number of nitrogens with two attached hydrogens (primary N) is 1. The van der Waals surface area contributed by atoms with Crippen LogP contribution in [0.15, 0.2) is 12.1 Å². The Bertz CT molecular complexity index is 383. The average molecular weight is 280 g/mol. The standard InChI is InChI=1S/C8H6ClF4NO.ClH/c9-3-1-4(6(15)5(10)2-3)7(14)8(11,12)13;/h1-2,7,15H,14H2;1H/t7-;/m1./s1. The molecule has 0 aliphatic heterocycles. The third-order valence-electron chi connectivity index (χ3n) is 1.75. The van der Waals surface area contributed by atoms with Crippen LogP contribution < -0.4 is 5.73 Å².